The van der Waals surface area contributed by atoms with E-state index < -0.39 is 6.10 Å². The van der Waals surface area contributed by atoms with Gasteiger partial charge in [0.1, 0.15) is 13.2 Å². The summed E-state index contributed by atoms with van der Waals surface area (Å²) in [4.78, 5) is 37.9. The van der Waals surface area contributed by atoms with Gasteiger partial charge in [-0.2, -0.15) is 0 Å². The highest BCUT2D eigenvalue weighted by Gasteiger charge is 2.19. The fourth-order valence-electron chi connectivity index (χ4n) is 8.14. The molecule has 6 heteroatoms. The first kappa shape index (κ1) is 59.1. The summed E-state index contributed by atoms with van der Waals surface area (Å²) in [6.45, 7) is 6.65. The smallest absolute Gasteiger partial charge is 0.306 e. The van der Waals surface area contributed by atoms with Crippen LogP contribution in [0.3, 0.4) is 0 Å². The summed E-state index contributed by atoms with van der Waals surface area (Å²) in [5, 5.41) is 0. The van der Waals surface area contributed by atoms with Crippen LogP contribution in [0.5, 0.6) is 0 Å². The zero-order valence-electron chi connectivity index (χ0n) is 41.2. The molecule has 1 unspecified atom stereocenters. The molecule has 0 amide bonds. The Kier molecular flexibility index (Phi) is 49.3. The highest BCUT2D eigenvalue weighted by Crippen LogP contribution is 2.17. The third-order valence-electron chi connectivity index (χ3n) is 12.3. The summed E-state index contributed by atoms with van der Waals surface area (Å²) < 4.78 is 16.8. The zero-order chi connectivity index (χ0) is 44.4. The predicted molar refractivity (Wildman–Crippen MR) is 261 cm³/mol. The molecule has 0 radical (unpaired) electrons. The van der Waals surface area contributed by atoms with Crippen LogP contribution in [0.15, 0.2) is 12.2 Å². The van der Waals surface area contributed by atoms with Gasteiger partial charge in [-0.3, -0.25) is 14.4 Å². The maximum atomic E-state index is 12.8. The van der Waals surface area contributed by atoms with E-state index in [0.29, 0.717) is 19.3 Å². The van der Waals surface area contributed by atoms with Gasteiger partial charge in [0.2, 0.25) is 0 Å². The van der Waals surface area contributed by atoms with Gasteiger partial charge < -0.3 is 14.2 Å². The molecule has 0 rings (SSSR count). The van der Waals surface area contributed by atoms with Crippen LogP contribution < -0.4 is 0 Å². The normalized spacial score (nSPS) is 12.0. The second-order valence-corrected chi connectivity index (χ2v) is 18.5. The van der Waals surface area contributed by atoms with E-state index in [1.54, 1.807) is 0 Å². The van der Waals surface area contributed by atoms with Crippen LogP contribution >= 0.6 is 0 Å². The van der Waals surface area contributed by atoms with E-state index in [2.05, 4.69) is 32.9 Å². The molecular formula is C55H104O6. The van der Waals surface area contributed by atoms with Crippen LogP contribution in [0.4, 0.5) is 0 Å². The Morgan fingerprint density at radius 2 is 0.541 bits per heavy atom. The van der Waals surface area contributed by atoms with Gasteiger partial charge in [-0.25, -0.2) is 0 Å². The van der Waals surface area contributed by atoms with Crippen molar-refractivity contribution in [2.75, 3.05) is 13.2 Å². The van der Waals surface area contributed by atoms with Gasteiger partial charge in [0.15, 0.2) is 6.10 Å². The lowest BCUT2D eigenvalue weighted by molar-refractivity contribution is -0.167. The maximum absolute atomic E-state index is 12.8. The molecule has 61 heavy (non-hydrogen) atoms. The van der Waals surface area contributed by atoms with E-state index in [4.69, 9.17) is 14.2 Å². The molecule has 0 aliphatic carbocycles. The van der Waals surface area contributed by atoms with Crippen molar-refractivity contribution >= 4 is 17.9 Å². The molecular weight excluding hydrogens is 757 g/mol. The summed E-state index contributed by atoms with van der Waals surface area (Å²) in [6.07, 6.45) is 56.3. The predicted octanol–water partition coefficient (Wildman–Crippen LogP) is 17.8. The summed E-state index contributed by atoms with van der Waals surface area (Å²) in [6, 6.07) is 0. The molecule has 0 fully saturated rings. The van der Waals surface area contributed by atoms with E-state index in [9.17, 15) is 14.4 Å². The van der Waals surface area contributed by atoms with Gasteiger partial charge in [-0.05, 0) is 44.9 Å². The fraction of sp³-hybridized carbons (Fsp3) is 0.909. The van der Waals surface area contributed by atoms with Crippen molar-refractivity contribution in [2.45, 2.75) is 309 Å². The standard InChI is InChI=1S/C55H104O6/c1-4-7-10-13-16-19-22-24-26-27-28-29-30-32-33-36-39-42-45-48-54(57)60-51-52(50-59-53(56)47-44-41-38-35-21-18-15-12-9-6-3)61-55(58)49-46-43-40-37-34-31-25-23-20-17-14-11-8-5-2/h23,25,52H,4-22,24,26-51H2,1-3H3/b25-23-. The van der Waals surface area contributed by atoms with E-state index in [1.165, 1.54) is 199 Å². The van der Waals surface area contributed by atoms with Crippen LogP contribution in [-0.2, 0) is 28.6 Å². The molecule has 0 bridgehead atoms. The van der Waals surface area contributed by atoms with Crippen molar-refractivity contribution in [2.24, 2.45) is 0 Å². The average molecular weight is 861 g/mol. The largest absolute Gasteiger partial charge is 0.462 e. The Hall–Kier alpha value is -1.85. The molecule has 0 heterocycles. The second kappa shape index (κ2) is 50.8. The molecule has 0 aliphatic rings. The molecule has 0 saturated heterocycles. The topological polar surface area (TPSA) is 78.9 Å². The Labute approximate surface area is 380 Å². The van der Waals surface area contributed by atoms with Gasteiger partial charge in [0, 0.05) is 19.3 Å². The Balaban J connectivity index is 4.25. The summed E-state index contributed by atoms with van der Waals surface area (Å²) in [7, 11) is 0. The quantitative estimate of drug-likeness (QED) is 0.0262. The van der Waals surface area contributed by atoms with Crippen molar-refractivity contribution in [3.63, 3.8) is 0 Å². The summed E-state index contributed by atoms with van der Waals surface area (Å²) in [5.74, 6) is -0.859. The Morgan fingerprint density at radius 1 is 0.311 bits per heavy atom. The number of allylic oxidation sites excluding steroid dienone is 2. The van der Waals surface area contributed by atoms with Crippen molar-refractivity contribution in [3.8, 4) is 0 Å². The first-order valence-corrected chi connectivity index (χ1v) is 27.2. The number of carbonyl (C=O) groups is 3. The third-order valence-corrected chi connectivity index (χ3v) is 12.3. The number of unbranched alkanes of at least 4 members (excludes halogenated alkanes) is 37. The molecule has 0 saturated carbocycles. The van der Waals surface area contributed by atoms with E-state index in [0.717, 1.165) is 64.2 Å². The SMILES string of the molecule is CCCCCCC/C=C\CCCCCCCC(=O)OC(COC(=O)CCCCCCCCCCCC)COC(=O)CCCCCCCCCCCCCCCCCCCCC. The molecule has 0 aliphatic heterocycles. The molecule has 0 N–H and O–H groups in total. The molecule has 0 aromatic carbocycles. The van der Waals surface area contributed by atoms with Gasteiger partial charge in [0.25, 0.3) is 0 Å². The van der Waals surface area contributed by atoms with Crippen molar-refractivity contribution in [3.05, 3.63) is 12.2 Å². The van der Waals surface area contributed by atoms with Crippen molar-refractivity contribution in [1.29, 1.82) is 0 Å². The summed E-state index contributed by atoms with van der Waals surface area (Å²) >= 11 is 0. The number of hydrogen-bond acceptors (Lipinski definition) is 6. The van der Waals surface area contributed by atoms with Gasteiger partial charge in [-0.15, -0.1) is 0 Å². The van der Waals surface area contributed by atoms with Gasteiger partial charge in [-0.1, -0.05) is 251 Å². The Morgan fingerprint density at radius 3 is 0.820 bits per heavy atom. The minimum absolute atomic E-state index is 0.0680. The first-order valence-electron chi connectivity index (χ1n) is 27.2. The highest BCUT2D eigenvalue weighted by molar-refractivity contribution is 5.71. The lowest BCUT2D eigenvalue weighted by atomic mass is 10.0. The monoisotopic (exact) mass is 861 g/mol. The van der Waals surface area contributed by atoms with Crippen LogP contribution in [-0.4, -0.2) is 37.2 Å². The van der Waals surface area contributed by atoms with Crippen LogP contribution in [0.1, 0.15) is 303 Å². The van der Waals surface area contributed by atoms with Crippen LogP contribution in [0.25, 0.3) is 0 Å². The molecule has 0 aromatic rings. The van der Waals surface area contributed by atoms with E-state index >= 15 is 0 Å². The molecule has 0 spiro atoms. The lowest BCUT2D eigenvalue weighted by Gasteiger charge is -2.18. The number of esters is 3. The number of hydrogen-bond donors (Lipinski definition) is 0. The number of rotatable bonds is 50. The first-order chi connectivity index (χ1) is 30.0. The minimum atomic E-state index is -0.767. The molecule has 0 aromatic heterocycles. The molecule has 1 atom stereocenters. The Bertz CT molecular complexity index is 947. The summed E-state index contributed by atoms with van der Waals surface area (Å²) in [5.41, 5.74) is 0. The van der Waals surface area contributed by atoms with Gasteiger partial charge in [0.05, 0.1) is 0 Å². The number of ether oxygens (including phenoxy) is 3. The van der Waals surface area contributed by atoms with Crippen LogP contribution in [0, 0.1) is 0 Å². The lowest BCUT2D eigenvalue weighted by Crippen LogP contribution is -2.30. The maximum Gasteiger partial charge on any atom is 0.306 e. The van der Waals surface area contributed by atoms with Crippen molar-refractivity contribution < 1.29 is 28.6 Å². The minimum Gasteiger partial charge on any atom is -0.462 e. The van der Waals surface area contributed by atoms with E-state index in [-0.39, 0.29) is 31.1 Å². The average Bonchev–Trinajstić information content (AvgIpc) is 3.26. The number of carbonyl (C=O) groups excluding carboxylic acids is 3. The third kappa shape index (κ3) is 49.0. The second-order valence-electron chi connectivity index (χ2n) is 18.5. The zero-order valence-corrected chi connectivity index (χ0v) is 41.2. The van der Waals surface area contributed by atoms with E-state index in [1.807, 2.05) is 0 Å². The van der Waals surface area contributed by atoms with Crippen LogP contribution in [0.2, 0.25) is 0 Å². The van der Waals surface area contributed by atoms with Gasteiger partial charge >= 0.3 is 17.9 Å². The molecule has 6 nitrogen and oxygen atoms in total. The highest BCUT2D eigenvalue weighted by atomic mass is 16.6. The molecule has 360 valence electrons. The van der Waals surface area contributed by atoms with Crippen molar-refractivity contribution in [1.82, 2.24) is 0 Å². The fourth-order valence-corrected chi connectivity index (χ4v) is 8.14.